The largest absolute Gasteiger partial charge is 0.512 e. The van der Waals surface area contributed by atoms with Crippen LogP contribution in [0.5, 0.6) is 11.6 Å². The number of hydrogen-bond donors (Lipinski definition) is 1. The van der Waals surface area contributed by atoms with Crippen molar-refractivity contribution in [2.75, 3.05) is 0 Å². The second-order valence-corrected chi connectivity index (χ2v) is 10.3. The smallest absolute Gasteiger partial charge is 0.224 e. The van der Waals surface area contributed by atoms with Gasteiger partial charge in [0.05, 0.1) is 0 Å². The monoisotopic (exact) mass is 693 g/mol. The number of ether oxygens (including phenoxy) is 1. The summed E-state index contributed by atoms with van der Waals surface area (Å²) in [5, 5.41) is 13.1. The molecule has 38 heavy (non-hydrogen) atoms. The van der Waals surface area contributed by atoms with E-state index in [1.165, 1.54) is 12.1 Å². The van der Waals surface area contributed by atoms with Crippen molar-refractivity contribution in [3.05, 3.63) is 90.6 Å². The first-order valence-corrected chi connectivity index (χ1v) is 12.6. The number of carbonyl (C=O) groups excluding carboxylic acids is 1. The molecule has 0 amide bonds. The Labute approximate surface area is 238 Å². The first kappa shape index (κ1) is 31.1. The molecule has 0 unspecified atom stereocenters. The van der Waals surface area contributed by atoms with Crippen LogP contribution in [0.3, 0.4) is 0 Å². The van der Waals surface area contributed by atoms with E-state index in [2.05, 4.69) is 11.1 Å². The van der Waals surface area contributed by atoms with Crippen molar-refractivity contribution in [1.82, 2.24) is 4.98 Å². The van der Waals surface area contributed by atoms with Crippen molar-refractivity contribution in [3.8, 4) is 11.6 Å². The van der Waals surface area contributed by atoms with Gasteiger partial charge >= 0.3 is 0 Å². The molecule has 0 atom stereocenters. The number of pyridine rings is 1. The zero-order valence-electron chi connectivity index (χ0n) is 22.8. The summed E-state index contributed by atoms with van der Waals surface area (Å²) in [7, 11) is 0. The summed E-state index contributed by atoms with van der Waals surface area (Å²) in [6.45, 7) is 11.7. The zero-order valence-corrected chi connectivity index (χ0v) is 25.2. The number of halogens is 1. The van der Waals surface area contributed by atoms with E-state index in [0.29, 0.717) is 17.0 Å². The normalized spacial score (nSPS) is 11.9. The predicted molar refractivity (Wildman–Crippen MR) is 148 cm³/mol. The molecule has 0 aliphatic heterocycles. The molecule has 0 saturated carbocycles. The maximum atomic E-state index is 13.9. The van der Waals surface area contributed by atoms with Crippen LogP contribution in [0.4, 0.5) is 4.39 Å². The molecule has 0 saturated heterocycles. The quantitative estimate of drug-likeness (QED) is 0.0910. The van der Waals surface area contributed by atoms with E-state index in [-0.39, 0.29) is 48.3 Å². The van der Waals surface area contributed by atoms with Gasteiger partial charge in [-0.2, -0.15) is 18.2 Å². The topological polar surface area (TPSA) is 59.4 Å². The van der Waals surface area contributed by atoms with E-state index in [9.17, 15) is 14.3 Å². The molecule has 1 radical (unpaired) electrons. The van der Waals surface area contributed by atoms with Crippen molar-refractivity contribution in [2.45, 2.75) is 54.4 Å². The van der Waals surface area contributed by atoms with Crippen molar-refractivity contribution < 1.29 is 39.1 Å². The molecule has 1 heterocycles. The van der Waals surface area contributed by atoms with Crippen LogP contribution in [0.2, 0.25) is 0 Å². The molecule has 203 valence electrons. The minimum absolute atomic E-state index is 0. The number of aliphatic hydroxyl groups excluding tert-OH is 1. The summed E-state index contributed by atoms with van der Waals surface area (Å²) >= 11 is 0. The van der Waals surface area contributed by atoms with Gasteiger partial charge in [0, 0.05) is 59.7 Å². The average molecular weight is 693 g/mol. The molecule has 4 rings (SSSR count). The van der Waals surface area contributed by atoms with E-state index in [1.807, 2.05) is 77.9 Å². The molecular formula is C32H35FIrNO3-. The Morgan fingerprint density at radius 1 is 0.921 bits per heavy atom. The van der Waals surface area contributed by atoms with Crippen LogP contribution in [-0.2, 0) is 24.9 Å². The van der Waals surface area contributed by atoms with Gasteiger partial charge in [-0.15, -0.1) is 12.1 Å². The Morgan fingerprint density at radius 3 is 2.21 bits per heavy atom. The second kappa shape index (κ2) is 13.1. The van der Waals surface area contributed by atoms with Gasteiger partial charge in [-0.05, 0) is 41.8 Å². The number of fused-ring (bicyclic) bond motifs is 3. The van der Waals surface area contributed by atoms with Gasteiger partial charge in [0.15, 0.2) is 5.78 Å². The molecule has 1 aromatic heterocycles. The Morgan fingerprint density at radius 2 is 1.58 bits per heavy atom. The molecule has 0 bridgehead atoms. The van der Waals surface area contributed by atoms with Crippen molar-refractivity contribution in [3.63, 3.8) is 0 Å². The molecule has 6 heteroatoms. The average Bonchev–Trinajstić information content (AvgIpc) is 2.89. The number of nitrogens with zero attached hydrogens (tertiary/aromatic N) is 1. The Balaban J connectivity index is 0.000000282. The summed E-state index contributed by atoms with van der Waals surface area (Å²) in [5.41, 5.74) is -0.683. The summed E-state index contributed by atoms with van der Waals surface area (Å²) in [6.07, 6.45) is 4.66. The number of rotatable bonds is 7. The number of allylic oxidation sites excluding steroid dienone is 2. The standard InChI is InChI=1S/C19H11FNO.C13H24O2.Ir/c20-18-8-4-7-14-15-11-12-21-19(17(15)10-9-16(14)18)22-13-5-2-1-3-6-13;1-7-12(3,4)10(14)9-11(15)13(5,6)8-2;/h1-5,7-12H;9,14H,7-8H2,1-6H3;/q-1;;/b;10-9-;. The number of carbonyl (C=O) groups is 1. The Bertz CT molecular complexity index is 1410. The maximum absolute atomic E-state index is 13.9. The van der Waals surface area contributed by atoms with E-state index < -0.39 is 0 Å². The van der Waals surface area contributed by atoms with Gasteiger partial charge in [-0.25, -0.2) is 9.37 Å². The van der Waals surface area contributed by atoms with Crippen LogP contribution in [-0.4, -0.2) is 15.9 Å². The van der Waals surface area contributed by atoms with E-state index in [0.717, 1.165) is 29.0 Å². The van der Waals surface area contributed by atoms with E-state index in [1.54, 1.807) is 24.4 Å². The van der Waals surface area contributed by atoms with Gasteiger partial charge in [0.25, 0.3) is 0 Å². The number of hydrogen-bond acceptors (Lipinski definition) is 4. The number of benzene rings is 3. The van der Waals surface area contributed by atoms with Gasteiger partial charge in [-0.1, -0.05) is 59.7 Å². The number of aliphatic hydroxyl groups is 1. The Hall–Kier alpha value is -3.08. The van der Waals surface area contributed by atoms with Crippen LogP contribution >= 0.6 is 0 Å². The maximum Gasteiger partial charge on any atom is 0.224 e. The van der Waals surface area contributed by atoms with Crippen molar-refractivity contribution in [2.24, 2.45) is 10.8 Å². The van der Waals surface area contributed by atoms with E-state index >= 15 is 0 Å². The molecule has 4 nitrogen and oxygen atoms in total. The summed E-state index contributed by atoms with van der Waals surface area (Å²) in [5.74, 6) is 1.06. The molecule has 3 aromatic carbocycles. The first-order chi connectivity index (χ1) is 17.5. The van der Waals surface area contributed by atoms with Crippen molar-refractivity contribution >= 4 is 27.3 Å². The minimum atomic E-state index is -0.377. The number of aromatic nitrogens is 1. The van der Waals surface area contributed by atoms with Gasteiger partial charge < -0.3 is 9.84 Å². The zero-order chi connectivity index (χ0) is 27.2. The van der Waals surface area contributed by atoms with Gasteiger partial charge in [0.2, 0.25) is 5.88 Å². The SMILES string of the molecule is CCC(C)(C)C(=O)/C=C(\O)C(C)(C)CC.Fc1cccc2c1ccc1c(Oc3[c-]cccc3)nccc12.[Ir]. The van der Waals surface area contributed by atoms with Crippen LogP contribution in [0.25, 0.3) is 21.5 Å². The van der Waals surface area contributed by atoms with Crippen molar-refractivity contribution in [1.29, 1.82) is 0 Å². The fourth-order valence-corrected chi connectivity index (χ4v) is 3.45. The molecule has 4 aromatic rings. The summed E-state index contributed by atoms with van der Waals surface area (Å²) < 4.78 is 19.7. The third-order valence-electron chi connectivity index (χ3n) is 7.00. The van der Waals surface area contributed by atoms with Crippen LogP contribution in [0.15, 0.2) is 78.7 Å². The van der Waals surface area contributed by atoms with Crippen LogP contribution < -0.4 is 4.74 Å². The molecule has 1 N–H and O–H groups in total. The summed E-state index contributed by atoms with van der Waals surface area (Å²) in [6, 6.07) is 20.9. The number of para-hydroxylation sites is 1. The fraction of sp³-hybridized carbons (Fsp3) is 0.312. The molecule has 0 aliphatic carbocycles. The molecule has 0 fully saturated rings. The summed E-state index contributed by atoms with van der Waals surface area (Å²) in [4.78, 5) is 16.1. The molecule has 0 spiro atoms. The van der Waals surface area contributed by atoms with Gasteiger partial charge in [0.1, 0.15) is 11.6 Å². The first-order valence-electron chi connectivity index (χ1n) is 12.6. The molecular weight excluding hydrogens is 658 g/mol. The second-order valence-electron chi connectivity index (χ2n) is 10.3. The predicted octanol–water partition coefficient (Wildman–Crippen LogP) is 8.99. The third kappa shape index (κ3) is 7.27. The van der Waals surface area contributed by atoms with Gasteiger partial charge in [-0.3, -0.25) is 4.79 Å². The van der Waals surface area contributed by atoms with Crippen LogP contribution in [0, 0.1) is 22.7 Å². The molecule has 0 aliphatic rings. The third-order valence-corrected chi connectivity index (χ3v) is 7.00. The van der Waals surface area contributed by atoms with E-state index in [4.69, 9.17) is 4.74 Å². The number of ketones is 1. The fourth-order valence-electron chi connectivity index (χ4n) is 3.45. The Kier molecular flexibility index (Phi) is 10.8. The van der Waals surface area contributed by atoms with Crippen LogP contribution in [0.1, 0.15) is 54.4 Å². The minimum Gasteiger partial charge on any atom is -0.512 e.